The first-order valence-corrected chi connectivity index (χ1v) is 10.5. The number of carbonyl (C=O) groups is 1. The number of nitrogens with two attached hydrogens (primary N) is 2. The monoisotopic (exact) mass is 404 g/mol. The van der Waals surface area contributed by atoms with Gasteiger partial charge < -0.3 is 16.8 Å². The minimum absolute atomic E-state index is 0.0223. The van der Waals surface area contributed by atoms with Gasteiger partial charge in [0.05, 0.1) is 0 Å². The molecule has 0 atom stereocenters. The number of aryl methyl sites for hydroxylation is 1. The third-order valence-electron chi connectivity index (χ3n) is 5.72. The van der Waals surface area contributed by atoms with Crippen LogP contribution in [0, 0.1) is 0 Å². The van der Waals surface area contributed by atoms with Gasteiger partial charge in [-0.15, -0.1) is 0 Å². The highest BCUT2D eigenvalue weighted by Crippen LogP contribution is 2.39. The van der Waals surface area contributed by atoms with E-state index in [0.29, 0.717) is 18.8 Å². The number of carbonyl (C=O) groups excluding carboxylic acids is 1. The fourth-order valence-electron chi connectivity index (χ4n) is 4.34. The van der Waals surface area contributed by atoms with Gasteiger partial charge in [0.25, 0.3) is 0 Å². The number of nitrogens with zero attached hydrogens (tertiary/aromatic N) is 3. The third kappa shape index (κ3) is 4.30. The minimum atomic E-state index is -0.496. The van der Waals surface area contributed by atoms with Crippen LogP contribution < -0.4 is 21.7 Å². The molecule has 2 aromatic carbocycles. The van der Waals surface area contributed by atoms with Gasteiger partial charge in [-0.3, -0.25) is 9.69 Å². The maximum Gasteiger partial charge on any atom is 0.224 e. The predicted molar refractivity (Wildman–Crippen MR) is 121 cm³/mol. The maximum atomic E-state index is 12.5. The summed E-state index contributed by atoms with van der Waals surface area (Å²) in [6, 6.07) is 17.7. The number of amides is 1. The van der Waals surface area contributed by atoms with E-state index >= 15 is 0 Å². The van der Waals surface area contributed by atoms with Crippen LogP contribution in [0.15, 0.2) is 64.6 Å². The van der Waals surface area contributed by atoms with Gasteiger partial charge >= 0.3 is 0 Å². The zero-order valence-electron chi connectivity index (χ0n) is 17.1. The number of rotatable bonds is 5. The van der Waals surface area contributed by atoms with Gasteiger partial charge in [-0.1, -0.05) is 42.8 Å². The summed E-state index contributed by atoms with van der Waals surface area (Å²) in [7, 11) is 0. The molecule has 7 nitrogen and oxygen atoms in total. The van der Waals surface area contributed by atoms with E-state index in [9.17, 15) is 4.79 Å². The van der Waals surface area contributed by atoms with Gasteiger partial charge in [0.2, 0.25) is 17.8 Å². The van der Waals surface area contributed by atoms with E-state index in [1.54, 1.807) is 0 Å². The Morgan fingerprint density at radius 2 is 1.80 bits per heavy atom. The van der Waals surface area contributed by atoms with Crippen molar-refractivity contribution in [2.45, 2.75) is 50.6 Å². The maximum absolute atomic E-state index is 12.5. The van der Waals surface area contributed by atoms with E-state index in [2.05, 4.69) is 10.3 Å². The summed E-state index contributed by atoms with van der Waals surface area (Å²) in [5.41, 5.74) is 14.5. The molecule has 2 aliphatic rings. The number of nitrogens with one attached hydrogen (secondary N) is 1. The van der Waals surface area contributed by atoms with E-state index in [4.69, 9.17) is 16.5 Å². The number of hydrogen-bond donors (Lipinski definition) is 3. The van der Waals surface area contributed by atoms with Crippen molar-refractivity contribution in [3.05, 3.63) is 60.2 Å². The highest BCUT2D eigenvalue weighted by atomic mass is 16.1. The molecule has 30 heavy (non-hydrogen) atoms. The van der Waals surface area contributed by atoms with Crippen LogP contribution in [0.1, 0.15) is 44.1 Å². The molecule has 2 aromatic rings. The van der Waals surface area contributed by atoms with Crippen LogP contribution in [-0.2, 0) is 11.2 Å². The van der Waals surface area contributed by atoms with Crippen molar-refractivity contribution in [1.29, 1.82) is 0 Å². The standard InChI is InChI=1S/C23H28N6O/c24-21-27-22(25)29(23(28-21)14-5-2-6-15-23)19-11-7-10-18(16-19)26-20(30)13-12-17-8-3-1-4-9-17/h1,3-4,7-11,16H,2,5-6,12-15H2,(H,26,30)(H4,24,25,27,28). The fourth-order valence-corrected chi connectivity index (χ4v) is 4.34. The summed E-state index contributed by atoms with van der Waals surface area (Å²) in [4.78, 5) is 23.3. The second kappa shape index (κ2) is 8.57. The molecule has 1 spiro atoms. The van der Waals surface area contributed by atoms with Gasteiger partial charge in [-0.05, 0) is 55.9 Å². The zero-order valence-corrected chi connectivity index (χ0v) is 17.1. The molecule has 0 aromatic heterocycles. The smallest absolute Gasteiger partial charge is 0.224 e. The van der Waals surface area contributed by atoms with Crippen molar-refractivity contribution >= 4 is 29.2 Å². The van der Waals surface area contributed by atoms with Crippen LogP contribution in [0.3, 0.4) is 0 Å². The molecule has 1 amide bonds. The lowest BCUT2D eigenvalue weighted by molar-refractivity contribution is -0.116. The molecule has 0 radical (unpaired) electrons. The summed E-state index contributed by atoms with van der Waals surface area (Å²) in [5.74, 6) is 0.555. The number of aliphatic imine (C=N–C) groups is 2. The highest BCUT2D eigenvalue weighted by molar-refractivity contribution is 6.06. The molecule has 4 rings (SSSR count). The molecular formula is C23H28N6O. The zero-order chi connectivity index (χ0) is 21.0. The average molecular weight is 405 g/mol. The fraction of sp³-hybridized carbons (Fsp3) is 0.348. The van der Waals surface area contributed by atoms with E-state index in [1.165, 1.54) is 6.42 Å². The van der Waals surface area contributed by atoms with Crippen molar-refractivity contribution in [1.82, 2.24) is 0 Å². The Labute approximate surface area is 176 Å². The average Bonchev–Trinajstić information content (AvgIpc) is 2.73. The van der Waals surface area contributed by atoms with Gasteiger partial charge in [0.15, 0.2) is 0 Å². The van der Waals surface area contributed by atoms with E-state index in [-0.39, 0.29) is 11.9 Å². The molecule has 1 saturated carbocycles. The lowest BCUT2D eigenvalue weighted by atomic mass is 9.87. The van der Waals surface area contributed by atoms with Gasteiger partial charge in [-0.2, -0.15) is 4.99 Å². The van der Waals surface area contributed by atoms with Crippen LogP contribution in [0.2, 0.25) is 0 Å². The molecule has 1 heterocycles. The normalized spacial score (nSPS) is 17.9. The Hall–Kier alpha value is -3.35. The lowest BCUT2D eigenvalue weighted by Gasteiger charge is -2.45. The SMILES string of the molecule is NC1=NC2(CCCCC2)N(c2cccc(NC(=O)CCc3ccccc3)c2)C(N)=N1. The van der Waals surface area contributed by atoms with Gasteiger partial charge in [-0.25, -0.2) is 4.99 Å². The molecule has 5 N–H and O–H groups in total. The summed E-state index contributed by atoms with van der Waals surface area (Å²) in [5, 5.41) is 3.00. The Balaban J connectivity index is 1.51. The first-order valence-electron chi connectivity index (χ1n) is 10.5. The first kappa shape index (κ1) is 19.9. The summed E-state index contributed by atoms with van der Waals surface area (Å²) >= 11 is 0. The Kier molecular flexibility index (Phi) is 5.70. The minimum Gasteiger partial charge on any atom is -0.369 e. The largest absolute Gasteiger partial charge is 0.369 e. The van der Waals surface area contributed by atoms with Crippen LogP contribution in [-0.4, -0.2) is 23.5 Å². The molecule has 1 fully saturated rings. The number of hydrogen-bond acceptors (Lipinski definition) is 6. The quantitative estimate of drug-likeness (QED) is 0.710. The van der Waals surface area contributed by atoms with Crippen LogP contribution >= 0.6 is 0 Å². The van der Waals surface area contributed by atoms with Crippen LogP contribution in [0.25, 0.3) is 0 Å². The van der Waals surface area contributed by atoms with Crippen molar-refractivity contribution in [3.8, 4) is 0 Å². The first-order chi connectivity index (χ1) is 14.6. The third-order valence-corrected chi connectivity index (χ3v) is 5.72. The molecule has 156 valence electrons. The lowest BCUT2D eigenvalue weighted by Crippen LogP contribution is -2.58. The van der Waals surface area contributed by atoms with E-state index < -0.39 is 5.66 Å². The molecule has 1 aliphatic heterocycles. The van der Waals surface area contributed by atoms with Gasteiger partial charge in [0, 0.05) is 17.8 Å². The molecule has 0 bridgehead atoms. The van der Waals surface area contributed by atoms with Crippen molar-refractivity contribution < 1.29 is 4.79 Å². The second-order valence-corrected chi connectivity index (χ2v) is 7.90. The van der Waals surface area contributed by atoms with Crippen LogP contribution in [0.5, 0.6) is 0 Å². The number of anilines is 2. The topological polar surface area (TPSA) is 109 Å². The molecule has 1 aliphatic carbocycles. The highest BCUT2D eigenvalue weighted by Gasteiger charge is 2.42. The van der Waals surface area contributed by atoms with Gasteiger partial charge in [0.1, 0.15) is 5.66 Å². The number of guanidine groups is 2. The van der Waals surface area contributed by atoms with Crippen LogP contribution in [0.4, 0.5) is 11.4 Å². The predicted octanol–water partition coefficient (Wildman–Crippen LogP) is 3.37. The second-order valence-electron chi connectivity index (χ2n) is 7.90. The summed E-state index contributed by atoms with van der Waals surface area (Å²) in [6.07, 6.45) is 6.18. The van der Waals surface area contributed by atoms with E-state index in [1.807, 2.05) is 59.5 Å². The number of benzene rings is 2. The van der Waals surface area contributed by atoms with E-state index in [0.717, 1.165) is 42.6 Å². The molecule has 0 saturated heterocycles. The molecular weight excluding hydrogens is 376 g/mol. The Morgan fingerprint density at radius 3 is 2.57 bits per heavy atom. The van der Waals surface area contributed by atoms with Crippen molar-refractivity contribution in [2.24, 2.45) is 21.5 Å². The van der Waals surface area contributed by atoms with Crippen molar-refractivity contribution in [2.75, 3.05) is 10.2 Å². The van der Waals surface area contributed by atoms with Crippen molar-refractivity contribution in [3.63, 3.8) is 0 Å². The summed E-state index contributed by atoms with van der Waals surface area (Å²) in [6.45, 7) is 0. The Morgan fingerprint density at radius 1 is 1.03 bits per heavy atom. The molecule has 7 heteroatoms. The molecule has 0 unspecified atom stereocenters. The Bertz CT molecular complexity index is 963. The summed E-state index contributed by atoms with van der Waals surface area (Å²) < 4.78 is 0.